The van der Waals surface area contributed by atoms with Crippen LogP contribution in [0.4, 0.5) is 5.69 Å². The maximum atomic E-state index is 5.49. The van der Waals surface area contributed by atoms with Crippen molar-refractivity contribution in [1.29, 1.82) is 0 Å². The van der Waals surface area contributed by atoms with Crippen molar-refractivity contribution in [2.24, 2.45) is 0 Å². The number of hydrogen-bond donors (Lipinski definition) is 1. The molecule has 0 amide bonds. The van der Waals surface area contributed by atoms with Crippen LogP contribution in [-0.4, -0.2) is 33.0 Å². The van der Waals surface area contributed by atoms with Gasteiger partial charge in [0.05, 0.1) is 26.2 Å². The smallest absolute Gasteiger partial charge is 0.231 e. The number of nitrogens with zero attached hydrogens (tertiary/aromatic N) is 1. The predicted molar refractivity (Wildman–Crippen MR) is 95.1 cm³/mol. The number of anilines is 1. The van der Waals surface area contributed by atoms with Gasteiger partial charge in [0, 0.05) is 11.3 Å². The molecule has 0 unspecified atom stereocenters. The van der Waals surface area contributed by atoms with Gasteiger partial charge in [-0.3, -0.25) is 0 Å². The Morgan fingerprint density at radius 1 is 1.00 bits per heavy atom. The molecule has 0 bridgehead atoms. The average molecular weight is 325 g/mol. The first-order valence-corrected chi connectivity index (χ1v) is 8.74. The quantitative estimate of drug-likeness (QED) is 0.934. The number of hydrogen-bond acceptors (Lipinski definition) is 3. The molecule has 0 aliphatic carbocycles. The molecule has 2 aliphatic heterocycles. The van der Waals surface area contributed by atoms with Gasteiger partial charge in [0.1, 0.15) is 6.54 Å². The molecule has 24 heavy (non-hydrogen) atoms. The van der Waals surface area contributed by atoms with Crippen LogP contribution < -0.4 is 19.3 Å². The zero-order valence-corrected chi connectivity index (χ0v) is 14.5. The van der Waals surface area contributed by atoms with E-state index in [0.29, 0.717) is 6.79 Å². The van der Waals surface area contributed by atoms with Crippen LogP contribution in [0, 0.1) is 13.8 Å². The summed E-state index contributed by atoms with van der Waals surface area (Å²) in [5.74, 6) is 1.76. The number of fused-ring (bicyclic) bond motifs is 1. The predicted octanol–water partition coefficient (Wildman–Crippen LogP) is 1.94. The second-order valence-electron chi connectivity index (χ2n) is 6.82. The fraction of sp³-hybridized carbons (Fsp3) is 0.400. The van der Waals surface area contributed by atoms with Gasteiger partial charge in [0.15, 0.2) is 11.5 Å². The van der Waals surface area contributed by atoms with Crippen LogP contribution in [0.1, 0.15) is 16.7 Å². The van der Waals surface area contributed by atoms with Gasteiger partial charge < -0.3 is 19.3 Å². The van der Waals surface area contributed by atoms with Gasteiger partial charge >= 0.3 is 0 Å². The number of piperazine rings is 1. The van der Waals surface area contributed by atoms with E-state index in [1.54, 1.807) is 4.90 Å². The number of rotatable bonds is 3. The van der Waals surface area contributed by atoms with Gasteiger partial charge in [0.2, 0.25) is 6.79 Å². The summed E-state index contributed by atoms with van der Waals surface area (Å²) in [7, 11) is 0. The number of nitrogens with one attached hydrogen (secondary N) is 1. The largest absolute Gasteiger partial charge is 0.454 e. The first-order valence-electron chi connectivity index (χ1n) is 8.74. The highest BCUT2D eigenvalue weighted by atomic mass is 16.7. The summed E-state index contributed by atoms with van der Waals surface area (Å²) in [6.07, 6.45) is 0. The molecule has 2 heterocycles. The summed E-state index contributed by atoms with van der Waals surface area (Å²) in [6.45, 7) is 10.4. The summed E-state index contributed by atoms with van der Waals surface area (Å²) in [5.41, 5.74) is 5.52. The van der Waals surface area contributed by atoms with E-state index in [4.69, 9.17) is 9.47 Å². The zero-order chi connectivity index (χ0) is 16.5. The van der Waals surface area contributed by atoms with Crippen molar-refractivity contribution >= 4 is 5.69 Å². The van der Waals surface area contributed by atoms with E-state index in [1.807, 2.05) is 6.07 Å². The van der Waals surface area contributed by atoms with Crippen molar-refractivity contribution in [2.45, 2.75) is 20.4 Å². The van der Waals surface area contributed by atoms with Gasteiger partial charge in [-0.1, -0.05) is 12.1 Å². The number of ether oxygens (including phenoxy) is 2. The lowest BCUT2D eigenvalue weighted by atomic mass is 10.1. The molecule has 0 aromatic heterocycles. The van der Waals surface area contributed by atoms with E-state index < -0.39 is 0 Å². The van der Waals surface area contributed by atoms with Gasteiger partial charge in [-0.15, -0.1) is 0 Å². The molecular weight excluding hydrogens is 300 g/mol. The molecule has 0 atom stereocenters. The number of quaternary nitrogens is 1. The summed E-state index contributed by atoms with van der Waals surface area (Å²) in [4.78, 5) is 4.17. The van der Waals surface area contributed by atoms with Crippen molar-refractivity contribution in [3.05, 3.63) is 53.1 Å². The minimum atomic E-state index is 0.347. The second kappa shape index (κ2) is 6.36. The highest BCUT2D eigenvalue weighted by Crippen LogP contribution is 2.32. The van der Waals surface area contributed by atoms with Crippen molar-refractivity contribution in [2.75, 3.05) is 37.9 Å². The van der Waals surface area contributed by atoms with Crippen LogP contribution in [0.3, 0.4) is 0 Å². The highest BCUT2D eigenvalue weighted by Gasteiger charge is 2.22. The van der Waals surface area contributed by atoms with Gasteiger partial charge in [-0.05, 0) is 49.2 Å². The zero-order valence-electron chi connectivity index (χ0n) is 14.5. The lowest BCUT2D eigenvalue weighted by Gasteiger charge is -2.34. The Kier molecular flexibility index (Phi) is 4.07. The standard InChI is InChI=1S/C20H24N2O2/c1-15-4-3-5-18(16(15)2)22-10-8-21(9-11-22)13-17-6-7-19-20(12-17)24-14-23-19/h3-7,12H,8-11,13-14H2,1-2H3/p+1. The van der Waals surface area contributed by atoms with Crippen molar-refractivity contribution < 1.29 is 14.4 Å². The molecule has 4 heteroatoms. The number of aryl methyl sites for hydroxylation is 1. The van der Waals surface area contributed by atoms with Crippen molar-refractivity contribution in [3.63, 3.8) is 0 Å². The third-order valence-electron chi connectivity index (χ3n) is 5.28. The van der Waals surface area contributed by atoms with Crippen molar-refractivity contribution in [1.82, 2.24) is 0 Å². The molecule has 0 radical (unpaired) electrons. The fourth-order valence-corrected chi connectivity index (χ4v) is 3.66. The molecule has 2 aliphatic rings. The molecule has 0 saturated carbocycles. The third-order valence-corrected chi connectivity index (χ3v) is 5.28. The molecule has 126 valence electrons. The Labute approximate surface area is 143 Å². The molecule has 4 nitrogen and oxygen atoms in total. The first-order chi connectivity index (χ1) is 11.7. The van der Waals surface area contributed by atoms with Crippen LogP contribution >= 0.6 is 0 Å². The number of benzene rings is 2. The Hall–Kier alpha value is -2.20. The minimum absolute atomic E-state index is 0.347. The first kappa shape index (κ1) is 15.3. The molecule has 2 aromatic carbocycles. The summed E-state index contributed by atoms with van der Waals surface area (Å²) in [5, 5.41) is 0. The Bertz CT molecular complexity index is 736. The molecule has 1 N–H and O–H groups in total. The Morgan fingerprint density at radius 2 is 1.79 bits per heavy atom. The second-order valence-corrected chi connectivity index (χ2v) is 6.82. The van der Waals surface area contributed by atoms with E-state index in [-0.39, 0.29) is 0 Å². The van der Waals surface area contributed by atoms with Crippen LogP contribution in [0.15, 0.2) is 36.4 Å². The van der Waals surface area contributed by atoms with Gasteiger partial charge in [-0.2, -0.15) is 0 Å². The molecule has 0 spiro atoms. The monoisotopic (exact) mass is 325 g/mol. The summed E-state index contributed by atoms with van der Waals surface area (Å²) < 4.78 is 10.9. The van der Waals surface area contributed by atoms with E-state index >= 15 is 0 Å². The molecule has 2 aromatic rings. The maximum absolute atomic E-state index is 5.49. The minimum Gasteiger partial charge on any atom is -0.454 e. The van der Waals surface area contributed by atoms with Gasteiger partial charge in [0.25, 0.3) is 0 Å². The van der Waals surface area contributed by atoms with E-state index in [0.717, 1.165) is 31.1 Å². The lowest BCUT2D eigenvalue weighted by molar-refractivity contribution is -0.914. The molecule has 1 saturated heterocycles. The SMILES string of the molecule is Cc1cccc(N2CC[NH+](Cc3ccc4c(c3)OCO4)CC2)c1C. The lowest BCUT2D eigenvalue weighted by Crippen LogP contribution is -3.13. The van der Waals surface area contributed by atoms with Crippen LogP contribution in [0.25, 0.3) is 0 Å². The average Bonchev–Trinajstić information content (AvgIpc) is 3.06. The summed E-state index contributed by atoms with van der Waals surface area (Å²) >= 11 is 0. The Morgan fingerprint density at radius 3 is 2.62 bits per heavy atom. The highest BCUT2D eigenvalue weighted by molar-refractivity contribution is 5.56. The Balaban J connectivity index is 1.39. The molecule has 1 fully saturated rings. The van der Waals surface area contributed by atoms with Crippen molar-refractivity contribution in [3.8, 4) is 11.5 Å². The molecular formula is C20H25N2O2+. The van der Waals surface area contributed by atoms with E-state index in [9.17, 15) is 0 Å². The van der Waals surface area contributed by atoms with Crippen LogP contribution in [-0.2, 0) is 6.54 Å². The van der Waals surface area contributed by atoms with E-state index in [1.165, 1.54) is 35.5 Å². The topological polar surface area (TPSA) is 26.1 Å². The molecule has 4 rings (SSSR count). The maximum Gasteiger partial charge on any atom is 0.231 e. The van der Waals surface area contributed by atoms with E-state index in [2.05, 4.69) is 49.1 Å². The fourth-order valence-electron chi connectivity index (χ4n) is 3.66. The third kappa shape index (κ3) is 2.94. The van der Waals surface area contributed by atoms with Gasteiger partial charge in [-0.25, -0.2) is 0 Å². The normalized spacial score (nSPS) is 17.3. The van der Waals surface area contributed by atoms with Crippen LogP contribution in [0.2, 0.25) is 0 Å². The summed E-state index contributed by atoms with van der Waals surface area (Å²) in [6, 6.07) is 12.9. The van der Waals surface area contributed by atoms with Crippen LogP contribution in [0.5, 0.6) is 11.5 Å².